The SMILES string of the molecule is CC(C)OC(=O)[C@H](C)NP(=O)(N[C@@H](C)C(=O)OC(C)C)OC[C@H](F)[C@H]1OCO[C@@]1(C)[C@@H](O)n1ccc(=O)[nH]c1=O. The summed E-state index contributed by atoms with van der Waals surface area (Å²) in [6.45, 7) is 9.06. The number of hydrogen-bond donors (Lipinski definition) is 4. The van der Waals surface area contributed by atoms with Crippen molar-refractivity contribution in [1.82, 2.24) is 19.7 Å². The molecule has 1 aromatic heterocycles. The molecule has 1 aromatic rings. The molecule has 0 amide bonds. The van der Waals surface area contributed by atoms with Crippen LogP contribution in [0.25, 0.3) is 0 Å². The fourth-order valence-electron chi connectivity index (χ4n) is 3.72. The molecule has 2 heterocycles. The van der Waals surface area contributed by atoms with Crippen LogP contribution < -0.4 is 21.4 Å². The summed E-state index contributed by atoms with van der Waals surface area (Å²) in [6.07, 6.45) is -5.38. The first-order chi connectivity index (χ1) is 18.5. The Morgan fingerprint density at radius 1 is 1.15 bits per heavy atom. The van der Waals surface area contributed by atoms with Gasteiger partial charge in [-0.15, -0.1) is 0 Å². The Kier molecular flexibility index (Phi) is 11.8. The maximum absolute atomic E-state index is 15.6. The number of hydrogen-bond acceptors (Lipinski definition) is 11. The van der Waals surface area contributed by atoms with Gasteiger partial charge in [0.15, 0.2) is 12.4 Å². The lowest BCUT2D eigenvalue weighted by atomic mass is 9.93. The van der Waals surface area contributed by atoms with Crippen molar-refractivity contribution in [2.75, 3.05) is 13.4 Å². The Morgan fingerprint density at radius 2 is 1.68 bits per heavy atom. The number of nitrogens with zero attached hydrogens (tertiary/aromatic N) is 1. The number of rotatable bonds is 14. The zero-order chi connectivity index (χ0) is 30.4. The molecule has 1 aliphatic heterocycles. The third-order valence-electron chi connectivity index (χ3n) is 5.69. The summed E-state index contributed by atoms with van der Waals surface area (Å²) in [5.41, 5.74) is -3.52. The van der Waals surface area contributed by atoms with Gasteiger partial charge in [0.05, 0.1) is 18.8 Å². The number of ether oxygens (including phenoxy) is 4. The highest BCUT2D eigenvalue weighted by Gasteiger charge is 2.53. The summed E-state index contributed by atoms with van der Waals surface area (Å²) in [5.74, 6) is -1.55. The van der Waals surface area contributed by atoms with Gasteiger partial charge in [0, 0.05) is 12.3 Å². The molecule has 1 fully saturated rings. The zero-order valence-electron chi connectivity index (χ0n) is 23.4. The van der Waals surface area contributed by atoms with E-state index in [1.165, 1.54) is 20.8 Å². The summed E-state index contributed by atoms with van der Waals surface area (Å²) >= 11 is 0. The zero-order valence-corrected chi connectivity index (χ0v) is 24.3. The number of aliphatic hydroxyl groups excluding tert-OH is 1. The van der Waals surface area contributed by atoms with Crippen LogP contribution in [0.3, 0.4) is 0 Å². The standard InChI is InChI=1S/C23H38FN4O11P/c1-12(2)38-19(30)14(5)26-40(34,27-15(6)20(31)39-13(3)4)37-10-16(24)18-23(7,36-11-35-18)21(32)28-9-8-17(29)25-22(28)33/h8-9,12-16,18,21,32H,10-11H2,1-7H3,(H,25,29,33)(H2,26,27,34)/t14-,15-,16-,18+,21+,23+/m0/s1. The Morgan fingerprint density at radius 3 is 2.15 bits per heavy atom. The molecule has 1 aliphatic rings. The fraction of sp³-hybridized carbons (Fsp3) is 0.739. The van der Waals surface area contributed by atoms with E-state index >= 15 is 4.39 Å². The van der Waals surface area contributed by atoms with E-state index in [1.54, 1.807) is 27.7 Å². The van der Waals surface area contributed by atoms with Gasteiger partial charge in [0.25, 0.3) is 5.56 Å². The van der Waals surface area contributed by atoms with Crippen LogP contribution in [0.4, 0.5) is 4.39 Å². The third-order valence-corrected chi connectivity index (χ3v) is 7.66. The largest absolute Gasteiger partial charge is 0.462 e. The normalized spacial score (nSPS) is 22.6. The smallest absolute Gasteiger partial charge is 0.342 e. The first-order valence-electron chi connectivity index (χ1n) is 12.6. The fourth-order valence-corrected chi connectivity index (χ4v) is 5.53. The van der Waals surface area contributed by atoms with Gasteiger partial charge in [-0.3, -0.25) is 28.5 Å². The van der Waals surface area contributed by atoms with Gasteiger partial charge in [-0.25, -0.2) is 19.4 Å². The molecule has 2 rings (SSSR count). The number of carbonyl (C=O) groups is 2. The molecule has 4 N–H and O–H groups in total. The number of H-pyrrole nitrogens is 1. The highest BCUT2D eigenvalue weighted by Crippen LogP contribution is 2.42. The van der Waals surface area contributed by atoms with E-state index in [4.69, 9.17) is 23.5 Å². The van der Waals surface area contributed by atoms with E-state index in [0.29, 0.717) is 0 Å². The van der Waals surface area contributed by atoms with E-state index in [2.05, 4.69) is 10.2 Å². The number of halogens is 1. The Bertz CT molecular complexity index is 1160. The maximum Gasteiger partial charge on any atom is 0.342 e. The number of aromatic nitrogens is 2. The Hall–Kier alpha value is -2.46. The van der Waals surface area contributed by atoms with Gasteiger partial charge < -0.3 is 28.6 Å². The molecular formula is C23H38FN4O11P. The van der Waals surface area contributed by atoms with Gasteiger partial charge >= 0.3 is 25.3 Å². The molecule has 0 aromatic carbocycles. The van der Waals surface area contributed by atoms with Gasteiger partial charge in [-0.05, 0) is 48.5 Å². The summed E-state index contributed by atoms with van der Waals surface area (Å²) in [6, 6.07) is -1.41. The lowest BCUT2D eigenvalue weighted by Gasteiger charge is -2.35. The monoisotopic (exact) mass is 596 g/mol. The van der Waals surface area contributed by atoms with Gasteiger partial charge in [0.1, 0.15) is 30.6 Å². The molecule has 40 heavy (non-hydrogen) atoms. The van der Waals surface area contributed by atoms with E-state index in [0.717, 1.165) is 16.8 Å². The molecule has 1 saturated heterocycles. The number of esters is 2. The van der Waals surface area contributed by atoms with Crippen LogP contribution in [-0.2, 0) is 37.6 Å². The van der Waals surface area contributed by atoms with Crippen molar-refractivity contribution in [3.8, 4) is 0 Å². The van der Waals surface area contributed by atoms with Crippen LogP contribution in [0.5, 0.6) is 0 Å². The molecule has 15 nitrogen and oxygen atoms in total. The molecule has 228 valence electrons. The van der Waals surface area contributed by atoms with Crippen LogP contribution >= 0.6 is 7.67 Å². The Labute approximate surface area is 230 Å². The van der Waals surface area contributed by atoms with Gasteiger partial charge in [-0.1, -0.05) is 0 Å². The van der Waals surface area contributed by atoms with Gasteiger partial charge in [0.2, 0.25) is 0 Å². The van der Waals surface area contributed by atoms with E-state index in [1.807, 2.05) is 4.98 Å². The number of aliphatic hydroxyl groups is 1. The van der Waals surface area contributed by atoms with Crippen LogP contribution in [0.15, 0.2) is 21.9 Å². The summed E-state index contributed by atoms with van der Waals surface area (Å²) in [7, 11) is -4.35. The first-order valence-corrected chi connectivity index (χ1v) is 14.2. The van der Waals surface area contributed by atoms with Crippen molar-refractivity contribution < 1.29 is 47.1 Å². The molecular weight excluding hydrogens is 558 g/mol. The van der Waals surface area contributed by atoms with E-state index < -0.39 is 92.7 Å². The highest BCUT2D eigenvalue weighted by molar-refractivity contribution is 7.54. The first kappa shape index (κ1) is 33.7. The predicted octanol–water partition coefficient (Wildman–Crippen LogP) is 0.481. The highest BCUT2D eigenvalue weighted by atomic mass is 31.2. The van der Waals surface area contributed by atoms with Crippen molar-refractivity contribution in [1.29, 1.82) is 0 Å². The summed E-state index contributed by atoms with van der Waals surface area (Å²) in [4.78, 5) is 50.2. The summed E-state index contributed by atoms with van der Waals surface area (Å²) < 4.78 is 56.3. The third kappa shape index (κ3) is 8.77. The van der Waals surface area contributed by atoms with Crippen LogP contribution in [-0.4, -0.2) is 82.2 Å². The van der Waals surface area contributed by atoms with Crippen LogP contribution in [0.1, 0.15) is 54.7 Å². The number of nitrogens with one attached hydrogen (secondary N) is 3. The number of carbonyl (C=O) groups excluding carboxylic acids is 2. The van der Waals surface area contributed by atoms with Crippen LogP contribution in [0.2, 0.25) is 0 Å². The lowest BCUT2D eigenvalue weighted by Crippen LogP contribution is -2.52. The predicted molar refractivity (Wildman–Crippen MR) is 138 cm³/mol. The molecule has 0 spiro atoms. The quantitative estimate of drug-likeness (QED) is 0.171. The number of alkyl halides is 1. The van der Waals surface area contributed by atoms with Crippen molar-refractivity contribution in [2.45, 2.75) is 96.9 Å². The topological polar surface area (TPSA) is 197 Å². The minimum absolute atomic E-state index is 0.457. The minimum atomic E-state index is -4.35. The maximum atomic E-state index is 15.6. The Balaban J connectivity index is 2.24. The van der Waals surface area contributed by atoms with Crippen LogP contribution in [0, 0.1) is 0 Å². The van der Waals surface area contributed by atoms with Crippen molar-refractivity contribution in [3.05, 3.63) is 33.1 Å². The molecule has 6 atom stereocenters. The molecule has 0 radical (unpaired) electrons. The minimum Gasteiger partial charge on any atom is -0.462 e. The molecule has 0 aliphatic carbocycles. The van der Waals surface area contributed by atoms with Crippen molar-refractivity contribution in [3.63, 3.8) is 0 Å². The second-order valence-electron chi connectivity index (χ2n) is 9.96. The molecule has 0 bridgehead atoms. The average Bonchev–Trinajstić information content (AvgIpc) is 3.24. The average molecular weight is 597 g/mol. The van der Waals surface area contributed by atoms with Crippen molar-refractivity contribution >= 4 is 19.6 Å². The molecule has 0 unspecified atom stereocenters. The number of aromatic amines is 1. The van der Waals surface area contributed by atoms with E-state index in [9.17, 15) is 28.8 Å². The van der Waals surface area contributed by atoms with Crippen molar-refractivity contribution in [2.24, 2.45) is 0 Å². The second kappa shape index (κ2) is 13.9. The molecule has 17 heteroatoms. The lowest BCUT2D eigenvalue weighted by molar-refractivity contribution is -0.149. The second-order valence-corrected chi connectivity index (χ2v) is 11.8. The summed E-state index contributed by atoms with van der Waals surface area (Å²) in [5, 5.41) is 15.7. The van der Waals surface area contributed by atoms with E-state index in [-0.39, 0.29) is 0 Å². The van der Waals surface area contributed by atoms with Gasteiger partial charge in [-0.2, -0.15) is 0 Å². The molecule has 0 saturated carbocycles.